The molecule has 232 valence electrons. The Balaban J connectivity index is 2.14. The van der Waals surface area contributed by atoms with E-state index in [1.54, 1.807) is 37.3 Å². The maximum atomic E-state index is 14.3. The molecule has 3 rings (SSSR count). The molecule has 2 amide bonds. The highest BCUT2D eigenvalue weighted by Crippen LogP contribution is 2.33. The fourth-order valence-corrected chi connectivity index (χ4v) is 6.57. The van der Waals surface area contributed by atoms with Crippen LogP contribution in [0, 0.1) is 6.92 Å². The van der Waals surface area contributed by atoms with Crippen molar-refractivity contribution in [1.82, 2.24) is 10.2 Å². The van der Waals surface area contributed by atoms with Crippen LogP contribution in [-0.2, 0) is 26.2 Å². The van der Waals surface area contributed by atoms with Gasteiger partial charge in [-0.3, -0.25) is 13.9 Å². The van der Waals surface area contributed by atoms with E-state index in [1.807, 2.05) is 20.8 Å². The minimum atomic E-state index is -4.27. The summed E-state index contributed by atoms with van der Waals surface area (Å²) in [4.78, 5) is 29.0. The summed E-state index contributed by atoms with van der Waals surface area (Å²) in [6.45, 7) is 6.67. The van der Waals surface area contributed by atoms with E-state index < -0.39 is 28.5 Å². The summed E-state index contributed by atoms with van der Waals surface area (Å²) in [7, 11) is -2.82. The van der Waals surface area contributed by atoms with Gasteiger partial charge in [-0.2, -0.15) is 0 Å². The Hall–Kier alpha value is -2.98. The highest BCUT2D eigenvalue weighted by Gasteiger charge is 2.34. The molecule has 0 bridgehead atoms. The zero-order chi connectivity index (χ0) is 31.9. The number of benzene rings is 3. The van der Waals surface area contributed by atoms with Gasteiger partial charge in [0.05, 0.1) is 22.7 Å². The van der Waals surface area contributed by atoms with Crippen molar-refractivity contribution in [2.24, 2.45) is 0 Å². The lowest BCUT2D eigenvalue weighted by atomic mass is 10.1. The number of rotatable bonds is 13. The molecule has 3 aromatic rings. The molecule has 0 unspecified atom stereocenters. The van der Waals surface area contributed by atoms with Crippen LogP contribution in [0.2, 0.25) is 15.1 Å². The van der Waals surface area contributed by atoms with Crippen molar-refractivity contribution >= 4 is 62.3 Å². The molecular formula is C31H36Cl3N3O5S. The number of nitrogens with one attached hydrogen (secondary N) is 1. The maximum absolute atomic E-state index is 14.3. The van der Waals surface area contributed by atoms with Crippen LogP contribution in [0.1, 0.15) is 44.7 Å². The SMILES string of the molecule is CC[C@@H](C)NC(=O)[C@@H](CC)N(Cc1c(Cl)cccc1Cl)C(=O)CN(c1ccc(OC)c(Cl)c1)S(=O)(=O)c1ccc(C)cc1. The van der Waals surface area contributed by atoms with E-state index in [-0.39, 0.29) is 40.5 Å². The van der Waals surface area contributed by atoms with Gasteiger partial charge in [-0.05, 0) is 69.2 Å². The lowest BCUT2D eigenvalue weighted by Crippen LogP contribution is -2.53. The molecule has 12 heteroatoms. The summed E-state index contributed by atoms with van der Waals surface area (Å²) in [5.41, 5.74) is 1.46. The maximum Gasteiger partial charge on any atom is 0.264 e. The Labute approximate surface area is 268 Å². The zero-order valence-electron chi connectivity index (χ0n) is 24.7. The molecule has 0 aliphatic heterocycles. The number of halogens is 3. The van der Waals surface area contributed by atoms with Gasteiger partial charge in [0, 0.05) is 28.2 Å². The van der Waals surface area contributed by atoms with Crippen molar-refractivity contribution in [3.63, 3.8) is 0 Å². The van der Waals surface area contributed by atoms with E-state index in [0.717, 1.165) is 9.87 Å². The van der Waals surface area contributed by atoms with Gasteiger partial charge in [0.15, 0.2) is 0 Å². The van der Waals surface area contributed by atoms with Gasteiger partial charge in [-0.15, -0.1) is 0 Å². The topological polar surface area (TPSA) is 96.0 Å². The van der Waals surface area contributed by atoms with Crippen molar-refractivity contribution in [1.29, 1.82) is 0 Å². The van der Waals surface area contributed by atoms with E-state index in [4.69, 9.17) is 39.5 Å². The molecule has 0 saturated carbocycles. The molecule has 0 aliphatic carbocycles. The van der Waals surface area contributed by atoms with Crippen LogP contribution in [-0.4, -0.2) is 50.9 Å². The second-order valence-corrected chi connectivity index (χ2v) is 13.2. The monoisotopic (exact) mass is 667 g/mol. The Morgan fingerprint density at radius 3 is 2.09 bits per heavy atom. The lowest BCUT2D eigenvalue weighted by molar-refractivity contribution is -0.140. The summed E-state index contributed by atoms with van der Waals surface area (Å²) in [5.74, 6) is -0.661. The molecule has 0 aromatic heterocycles. The number of aryl methyl sites for hydroxylation is 1. The van der Waals surface area contributed by atoms with Gasteiger partial charge < -0.3 is 15.0 Å². The molecule has 0 aliphatic rings. The highest BCUT2D eigenvalue weighted by molar-refractivity contribution is 7.92. The van der Waals surface area contributed by atoms with Gasteiger partial charge in [0.2, 0.25) is 11.8 Å². The van der Waals surface area contributed by atoms with Crippen molar-refractivity contribution in [2.75, 3.05) is 18.0 Å². The first-order valence-corrected chi connectivity index (χ1v) is 16.4. The van der Waals surface area contributed by atoms with Crippen LogP contribution >= 0.6 is 34.8 Å². The Morgan fingerprint density at radius 2 is 1.56 bits per heavy atom. The van der Waals surface area contributed by atoms with Gasteiger partial charge in [0.1, 0.15) is 18.3 Å². The summed E-state index contributed by atoms with van der Waals surface area (Å²) in [6.07, 6.45) is 0.947. The number of hydrogen-bond acceptors (Lipinski definition) is 5. The fourth-order valence-electron chi connectivity index (χ4n) is 4.39. The molecule has 0 saturated heterocycles. The molecule has 2 atom stereocenters. The van der Waals surface area contributed by atoms with Gasteiger partial charge in [-0.25, -0.2) is 8.42 Å². The predicted octanol–water partition coefficient (Wildman–Crippen LogP) is 6.88. The van der Waals surface area contributed by atoms with Crippen LogP contribution in [0.4, 0.5) is 5.69 Å². The summed E-state index contributed by atoms with van der Waals surface area (Å²) >= 11 is 19.3. The summed E-state index contributed by atoms with van der Waals surface area (Å²) in [6, 6.07) is 14.6. The van der Waals surface area contributed by atoms with Crippen LogP contribution in [0.5, 0.6) is 5.75 Å². The molecule has 0 radical (unpaired) electrons. The third-order valence-corrected chi connectivity index (χ3v) is 9.88. The third-order valence-electron chi connectivity index (χ3n) is 7.09. The van der Waals surface area contributed by atoms with Crippen molar-refractivity contribution in [3.8, 4) is 5.75 Å². The number of anilines is 1. The zero-order valence-corrected chi connectivity index (χ0v) is 27.8. The molecule has 8 nitrogen and oxygen atoms in total. The van der Waals surface area contributed by atoms with E-state index in [1.165, 1.54) is 42.3 Å². The Bertz CT molecular complexity index is 1530. The standard InChI is InChI=1S/C31H36Cl3N3O5S/c1-6-21(4)35-31(39)28(7-2)36(18-24-25(32)9-8-10-26(24)33)30(38)19-37(22-13-16-29(42-5)27(34)17-22)43(40,41)23-14-11-20(3)12-15-23/h8-17,21,28H,6-7,18-19H2,1-5H3,(H,35,39)/t21-,28-/m1/s1. The minimum Gasteiger partial charge on any atom is -0.495 e. The van der Waals surface area contributed by atoms with Gasteiger partial charge in [-0.1, -0.05) is 72.4 Å². The summed E-state index contributed by atoms with van der Waals surface area (Å²) < 4.78 is 34.3. The van der Waals surface area contributed by atoms with E-state index >= 15 is 0 Å². The van der Waals surface area contributed by atoms with E-state index in [0.29, 0.717) is 27.8 Å². The number of nitrogens with zero attached hydrogens (tertiary/aromatic N) is 2. The van der Waals surface area contributed by atoms with Gasteiger partial charge >= 0.3 is 0 Å². The molecule has 0 heterocycles. The first kappa shape index (κ1) is 34.5. The molecule has 43 heavy (non-hydrogen) atoms. The first-order chi connectivity index (χ1) is 20.3. The fraction of sp³-hybridized carbons (Fsp3) is 0.355. The number of methoxy groups -OCH3 is 1. The van der Waals surface area contributed by atoms with Crippen molar-refractivity contribution in [3.05, 3.63) is 86.9 Å². The first-order valence-electron chi connectivity index (χ1n) is 13.8. The van der Waals surface area contributed by atoms with Crippen LogP contribution in [0.15, 0.2) is 65.6 Å². The molecule has 1 N–H and O–H groups in total. The highest BCUT2D eigenvalue weighted by atomic mass is 35.5. The van der Waals surface area contributed by atoms with Crippen molar-refractivity contribution in [2.45, 2.75) is 64.1 Å². The van der Waals surface area contributed by atoms with E-state index in [9.17, 15) is 18.0 Å². The number of amides is 2. The van der Waals surface area contributed by atoms with Crippen LogP contribution in [0.3, 0.4) is 0 Å². The smallest absolute Gasteiger partial charge is 0.264 e. The molecule has 3 aromatic carbocycles. The summed E-state index contributed by atoms with van der Waals surface area (Å²) in [5, 5.41) is 3.73. The second kappa shape index (κ2) is 15.1. The molecule has 0 spiro atoms. The molecular weight excluding hydrogens is 633 g/mol. The number of carbonyl (C=O) groups excluding carboxylic acids is 2. The third kappa shape index (κ3) is 8.35. The van der Waals surface area contributed by atoms with Crippen LogP contribution < -0.4 is 14.4 Å². The normalized spacial score (nSPS) is 12.7. The number of carbonyl (C=O) groups is 2. The number of hydrogen-bond donors (Lipinski definition) is 1. The number of sulfonamides is 1. The largest absolute Gasteiger partial charge is 0.495 e. The average molecular weight is 669 g/mol. The van der Waals surface area contributed by atoms with Gasteiger partial charge in [0.25, 0.3) is 10.0 Å². The Kier molecular flexibility index (Phi) is 12.2. The van der Waals surface area contributed by atoms with E-state index in [2.05, 4.69) is 5.32 Å². The average Bonchev–Trinajstić information content (AvgIpc) is 2.97. The van der Waals surface area contributed by atoms with Crippen LogP contribution in [0.25, 0.3) is 0 Å². The minimum absolute atomic E-state index is 0.0138. The second-order valence-electron chi connectivity index (χ2n) is 10.1. The number of ether oxygens (including phenoxy) is 1. The molecule has 0 fully saturated rings. The quantitative estimate of drug-likeness (QED) is 0.214. The predicted molar refractivity (Wildman–Crippen MR) is 173 cm³/mol. The Morgan fingerprint density at radius 1 is 0.930 bits per heavy atom. The van der Waals surface area contributed by atoms with Crippen molar-refractivity contribution < 1.29 is 22.7 Å². The lowest BCUT2D eigenvalue weighted by Gasteiger charge is -2.34.